The van der Waals surface area contributed by atoms with Crippen molar-refractivity contribution in [1.82, 2.24) is 4.57 Å². The zero-order valence-electron chi connectivity index (χ0n) is 17.3. The number of fused-ring (bicyclic) bond motifs is 2. The predicted octanol–water partition coefficient (Wildman–Crippen LogP) is 5.13. The summed E-state index contributed by atoms with van der Waals surface area (Å²) in [7, 11) is 1.66. The normalized spacial score (nSPS) is 15.8. The lowest BCUT2D eigenvalue weighted by Crippen LogP contribution is -2.21. The summed E-state index contributed by atoms with van der Waals surface area (Å²) in [5.41, 5.74) is 3.04. The summed E-state index contributed by atoms with van der Waals surface area (Å²) in [6.07, 6.45) is 8.51. The molecule has 0 amide bonds. The van der Waals surface area contributed by atoms with Crippen LogP contribution in [0.4, 0.5) is 0 Å². The molecular weight excluding hydrogens is 398 g/mol. The molecule has 5 rings (SSSR count). The van der Waals surface area contributed by atoms with E-state index in [4.69, 9.17) is 9.47 Å². The van der Waals surface area contributed by atoms with Gasteiger partial charge in [0.15, 0.2) is 5.75 Å². The molecule has 1 aromatic carbocycles. The van der Waals surface area contributed by atoms with E-state index in [9.17, 15) is 9.59 Å². The van der Waals surface area contributed by atoms with Crippen LogP contribution in [0, 0.1) is 0 Å². The number of pyridine rings is 1. The van der Waals surface area contributed by atoms with E-state index in [-0.39, 0.29) is 23.6 Å². The largest absolute Gasteiger partial charge is 0.494 e. The fraction of sp³-hybridized carbons (Fsp3) is 0.417. The molecule has 0 radical (unpaired) electrons. The second kappa shape index (κ2) is 7.58. The Kier molecular flexibility index (Phi) is 4.89. The quantitative estimate of drug-likeness (QED) is 0.534. The van der Waals surface area contributed by atoms with Crippen LogP contribution in [0.15, 0.2) is 29.2 Å². The zero-order valence-corrected chi connectivity index (χ0v) is 18.1. The smallest absolute Gasteiger partial charge is 0.343 e. The van der Waals surface area contributed by atoms with Crippen LogP contribution in [0.2, 0.25) is 0 Å². The molecule has 1 fully saturated rings. The highest BCUT2D eigenvalue weighted by Gasteiger charge is 2.30. The van der Waals surface area contributed by atoms with Gasteiger partial charge in [-0.05, 0) is 69.2 Å². The summed E-state index contributed by atoms with van der Waals surface area (Å²) >= 11 is 1.83. The average Bonchev–Trinajstić information content (AvgIpc) is 3.51. The number of ether oxygens (including phenoxy) is 2. The summed E-state index contributed by atoms with van der Waals surface area (Å²) < 4.78 is 13.1. The monoisotopic (exact) mass is 423 g/mol. The number of hydrogen-bond donors (Lipinski definition) is 0. The first kappa shape index (κ1) is 19.4. The molecule has 156 valence electrons. The van der Waals surface area contributed by atoms with E-state index < -0.39 is 5.97 Å². The van der Waals surface area contributed by atoms with Gasteiger partial charge in [-0.2, -0.15) is 0 Å². The standard InChI is InChI=1S/C24H25NO4S/c1-3-29-24(27)18-13-25(15-8-9-15)21-17(22(18)26)11-10-16(23(21)28-2)20-12-14-6-4-5-7-19(14)30-20/h10-13,15H,3-9H2,1-2H3. The van der Waals surface area contributed by atoms with Gasteiger partial charge in [0.25, 0.3) is 0 Å². The van der Waals surface area contributed by atoms with Crippen molar-refractivity contribution in [1.29, 1.82) is 0 Å². The second-order valence-electron chi connectivity index (χ2n) is 8.04. The van der Waals surface area contributed by atoms with Gasteiger partial charge in [0.05, 0.1) is 24.6 Å². The molecule has 0 spiro atoms. The molecule has 0 bridgehead atoms. The molecule has 1 saturated carbocycles. The molecule has 0 aliphatic heterocycles. The highest BCUT2D eigenvalue weighted by Crippen LogP contribution is 2.45. The van der Waals surface area contributed by atoms with Gasteiger partial charge < -0.3 is 14.0 Å². The minimum atomic E-state index is -0.562. The van der Waals surface area contributed by atoms with E-state index in [0.29, 0.717) is 11.1 Å². The van der Waals surface area contributed by atoms with Crippen LogP contribution in [-0.2, 0) is 17.6 Å². The number of carbonyl (C=O) groups is 1. The molecule has 2 heterocycles. The van der Waals surface area contributed by atoms with Crippen LogP contribution in [-0.4, -0.2) is 24.3 Å². The average molecular weight is 424 g/mol. The Bertz CT molecular complexity index is 1180. The third-order valence-corrected chi connectivity index (χ3v) is 7.32. The van der Waals surface area contributed by atoms with Crippen LogP contribution < -0.4 is 10.2 Å². The van der Waals surface area contributed by atoms with E-state index in [2.05, 4.69) is 10.6 Å². The number of benzene rings is 1. The maximum absolute atomic E-state index is 13.1. The maximum Gasteiger partial charge on any atom is 0.343 e. The third kappa shape index (κ3) is 3.14. The summed E-state index contributed by atoms with van der Waals surface area (Å²) in [4.78, 5) is 28.2. The van der Waals surface area contributed by atoms with Crippen LogP contribution in [0.5, 0.6) is 5.75 Å². The number of carbonyl (C=O) groups excluding carboxylic acids is 1. The first-order valence-corrected chi connectivity index (χ1v) is 11.5. The minimum absolute atomic E-state index is 0.0950. The first-order valence-electron chi connectivity index (χ1n) is 10.7. The Morgan fingerprint density at radius 1 is 1.23 bits per heavy atom. The van der Waals surface area contributed by atoms with Crippen LogP contribution >= 0.6 is 11.3 Å². The highest BCUT2D eigenvalue weighted by atomic mass is 32.1. The number of rotatable bonds is 5. The van der Waals surface area contributed by atoms with E-state index in [1.165, 1.54) is 28.2 Å². The molecular formula is C24H25NO4S. The molecule has 3 aromatic rings. The van der Waals surface area contributed by atoms with Crippen molar-refractivity contribution in [2.45, 2.75) is 51.5 Å². The summed E-state index contributed by atoms with van der Waals surface area (Å²) in [6.45, 7) is 1.99. The summed E-state index contributed by atoms with van der Waals surface area (Å²) in [6, 6.07) is 6.37. The van der Waals surface area contributed by atoms with E-state index in [0.717, 1.165) is 36.8 Å². The highest BCUT2D eigenvalue weighted by molar-refractivity contribution is 7.15. The number of nitrogens with zero attached hydrogens (tertiary/aromatic N) is 1. The van der Waals surface area contributed by atoms with Crippen molar-refractivity contribution < 1.29 is 14.3 Å². The number of thiophene rings is 1. The molecule has 30 heavy (non-hydrogen) atoms. The number of aryl methyl sites for hydroxylation is 2. The van der Waals surface area contributed by atoms with E-state index in [1.807, 2.05) is 23.5 Å². The summed E-state index contributed by atoms with van der Waals surface area (Å²) in [5, 5.41) is 0.509. The predicted molar refractivity (Wildman–Crippen MR) is 119 cm³/mol. The Balaban J connectivity index is 1.75. The van der Waals surface area contributed by atoms with Gasteiger partial charge in [0.1, 0.15) is 5.56 Å². The van der Waals surface area contributed by atoms with Crippen molar-refractivity contribution >= 4 is 28.2 Å². The Morgan fingerprint density at radius 3 is 2.73 bits per heavy atom. The first-order chi connectivity index (χ1) is 14.6. The van der Waals surface area contributed by atoms with Crippen LogP contribution in [0.1, 0.15) is 59.4 Å². The van der Waals surface area contributed by atoms with E-state index >= 15 is 0 Å². The Labute approximate surface area is 179 Å². The lowest BCUT2D eigenvalue weighted by Gasteiger charge is -2.17. The Morgan fingerprint density at radius 2 is 2.03 bits per heavy atom. The Hall–Kier alpha value is -2.60. The van der Waals surface area contributed by atoms with Gasteiger partial charge in [-0.15, -0.1) is 11.3 Å². The van der Waals surface area contributed by atoms with Gasteiger partial charge in [-0.25, -0.2) is 4.79 Å². The molecule has 0 atom stereocenters. The molecule has 0 saturated heterocycles. The van der Waals surface area contributed by atoms with E-state index in [1.54, 1.807) is 20.2 Å². The van der Waals surface area contributed by atoms with Crippen molar-refractivity contribution in [3.8, 4) is 16.2 Å². The van der Waals surface area contributed by atoms with Crippen LogP contribution in [0.25, 0.3) is 21.3 Å². The lowest BCUT2D eigenvalue weighted by atomic mass is 9.98. The van der Waals surface area contributed by atoms with Crippen molar-refractivity contribution in [2.24, 2.45) is 0 Å². The van der Waals surface area contributed by atoms with Gasteiger partial charge in [0.2, 0.25) is 5.43 Å². The van der Waals surface area contributed by atoms with Crippen molar-refractivity contribution in [3.05, 3.63) is 50.6 Å². The fourth-order valence-corrected chi connectivity index (χ4v) is 5.71. The number of hydrogen-bond acceptors (Lipinski definition) is 5. The fourth-order valence-electron chi connectivity index (χ4n) is 4.44. The molecule has 0 N–H and O–H groups in total. The van der Waals surface area contributed by atoms with Crippen LogP contribution in [0.3, 0.4) is 0 Å². The summed E-state index contributed by atoms with van der Waals surface area (Å²) in [5.74, 6) is 0.151. The molecule has 2 aliphatic carbocycles. The molecule has 6 heteroatoms. The SMILES string of the molecule is CCOC(=O)c1cn(C2CC2)c2c(OC)c(-c3cc4c(s3)CCCC4)ccc2c1=O. The molecule has 5 nitrogen and oxygen atoms in total. The topological polar surface area (TPSA) is 57.5 Å². The minimum Gasteiger partial charge on any atom is -0.494 e. The van der Waals surface area contributed by atoms with Crippen molar-refractivity contribution in [2.75, 3.05) is 13.7 Å². The van der Waals surface area contributed by atoms with Gasteiger partial charge in [0, 0.05) is 27.6 Å². The van der Waals surface area contributed by atoms with Gasteiger partial charge in [-0.3, -0.25) is 4.79 Å². The van der Waals surface area contributed by atoms with Gasteiger partial charge >= 0.3 is 5.97 Å². The maximum atomic E-state index is 13.1. The zero-order chi connectivity index (χ0) is 20.8. The molecule has 0 unspecified atom stereocenters. The molecule has 2 aliphatic rings. The third-order valence-electron chi connectivity index (χ3n) is 6.05. The number of aromatic nitrogens is 1. The lowest BCUT2D eigenvalue weighted by molar-refractivity contribution is 0.0524. The van der Waals surface area contributed by atoms with Crippen molar-refractivity contribution in [3.63, 3.8) is 0 Å². The molecule has 2 aromatic heterocycles. The second-order valence-corrected chi connectivity index (χ2v) is 9.18. The van der Waals surface area contributed by atoms with Gasteiger partial charge in [-0.1, -0.05) is 0 Å². The number of methoxy groups -OCH3 is 1. The number of esters is 1.